The molecule has 0 amide bonds. The number of ether oxygens (including phenoxy) is 1. The van der Waals surface area contributed by atoms with Gasteiger partial charge in [-0.2, -0.15) is 0 Å². The fraction of sp³-hybridized carbons (Fsp3) is 0.364. The molecular weight excluding hydrogens is 290 g/mol. The van der Waals surface area contributed by atoms with Crippen LogP contribution >= 0.6 is 27.9 Å². The van der Waals surface area contributed by atoms with Crippen LogP contribution in [0.25, 0.3) is 0 Å². The minimum atomic E-state index is -0.241. The third kappa shape index (κ3) is 4.15. The SMILES string of the molecule is CNSc1cccc(Br)c1CCOC(C)=O. The van der Waals surface area contributed by atoms with Gasteiger partial charge in [0.1, 0.15) is 0 Å². The van der Waals surface area contributed by atoms with Crippen LogP contribution < -0.4 is 4.72 Å². The summed E-state index contributed by atoms with van der Waals surface area (Å²) in [5.41, 5.74) is 1.16. The van der Waals surface area contributed by atoms with E-state index in [4.69, 9.17) is 4.74 Å². The zero-order valence-electron chi connectivity index (χ0n) is 9.25. The van der Waals surface area contributed by atoms with E-state index in [1.165, 1.54) is 6.92 Å². The molecule has 0 aliphatic carbocycles. The van der Waals surface area contributed by atoms with Gasteiger partial charge >= 0.3 is 5.97 Å². The first-order chi connectivity index (χ1) is 7.65. The highest BCUT2D eigenvalue weighted by Crippen LogP contribution is 2.27. The summed E-state index contributed by atoms with van der Waals surface area (Å²) in [6.45, 7) is 1.83. The van der Waals surface area contributed by atoms with Crippen LogP contribution in [0.4, 0.5) is 0 Å². The molecule has 0 saturated heterocycles. The molecule has 0 spiro atoms. The van der Waals surface area contributed by atoms with E-state index in [2.05, 4.69) is 20.7 Å². The number of rotatable bonds is 5. The Morgan fingerprint density at radius 3 is 2.94 bits per heavy atom. The first-order valence-corrected chi connectivity index (χ1v) is 6.50. The molecule has 0 aliphatic heterocycles. The number of benzene rings is 1. The number of carbonyl (C=O) groups is 1. The summed E-state index contributed by atoms with van der Waals surface area (Å²) in [4.78, 5) is 11.8. The average molecular weight is 304 g/mol. The second-order valence-electron chi connectivity index (χ2n) is 3.11. The molecule has 0 saturated carbocycles. The Hall–Kier alpha value is -0.520. The number of esters is 1. The van der Waals surface area contributed by atoms with Gasteiger partial charge in [0.05, 0.1) is 6.61 Å². The summed E-state index contributed by atoms with van der Waals surface area (Å²) in [5.74, 6) is -0.241. The monoisotopic (exact) mass is 303 g/mol. The molecule has 1 aromatic rings. The molecule has 88 valence electrons. The molecule has 1 N–H and O–H groups in total. The Morgan fingerprint density at radius 1 is 1.56 bits per heavy atom. The largest absolute Gasteiger partial charge is 0.466 e. The molecule has 0 atom stereocenters. The molecule has 0 radical (unpaired) electrons. The number of hydrogen-bond acceptors (Lipinski definition) is 4. The highest BCUT2D eigenvalue weighted by molar-refractivity contribution is 9.10. The molecule has 3 nitrogen and oxygen atoms in total. The van der Waals surface area contributed by atoms with Crippen LogP contribution in [0, 0.1) is 0 Å². The standard InChI is InChI=1S/C11H14BrNO2S/c1-8(14)15-7-6-9-10(12)4-3-5-11(9)16-13-2/h3-5,13H,6-7H2,1-2H3. The minimum Gasteiger partial charge on any atom is -0.466 e. The fourth-order valence-electron chi connectivity index (χ4n) is 1.28. The summed E-state index contributed by atoms with van der Waals surface area (Å²) in [6, 6.07) is 6.01. The summed E-state index contributed by atoms with van der Waals surface area (Å²) in [7, 11) is 1.88. The third-order valence-electron chi connectivity index (χ3n) is 1.95. The van der Waals surface area contributed by atoms with Crippen LogP contribution in [0.2, 0.25) is 0 Å². The number of hydrogen-bond donors (Lipinski definition) is 1. The maximum absolute atomic E-state index is 10.7. The van der Waals surface area contributed by atoms with Gasteiger partial charge in [-0.05, 0) is 36.7 Å². The van der Waals surface area contributed by atoms with Gasteiger partial charge in [0, 0.05) is 22.7 Å². The van der Waals surface area contributed by atoms with Gasteiger partial charge in [-0.1, -0.05) is 22.0 Å². The molecule has 0 aromatic heterocycles. The lowest BCUT2D eigenvalue weighted by Gasteiger charge is -2.10. The third-order valence-corrected chi connectivity index (χ3v) is 3.49. The average Bonchev–Trinajstić information content (AvgIpc) is 2.22. The van der Waals surface area contributed by atoms with E-state index in [0.29, 0.717) is 13.0 Å². The highest BCUT2D eigenvalue weighted by atomic mass is 79.9. The van der Waals surface area contributed by atoms with Gasteiger partial charge in [0.2, 0.25) is 0 Å². The lowest BCUT2D eigenvalue weighted by atomic mass is 10.2. The zero-order valence-corrected chi connectivity index (χ0v) is 11.7. The predicted molar refractivity (Wildman–Crippen MR) is 69.4 cm³/mol. The lowest BCUT2D eigenvalue weighted by molar-refractivity contribution is -0.140. The van der Waals surface area contributed by atoms with Crippen molar-refractivity contribution in [2.45, 2.75) is 18.2 Å². The molecule has 0 aliphatic rings. The molecule has 0 fully saturated rings. The van der Waals surface area contributed by atoms with Crippen LogP contribution in [0.1, 0.15) is 12.5 Å². The summed E-state index contributed by atoms with van der Waals surface area (Å²) in [5, 5.41) is 0. The van der Waals surface area contributed by atoms with Gasteiger partial charge in [-0.25, -0.2) is 0 Å². The first kappa shape index (κ1) is 13.5. The molecule has 0 unspecified atom stereocenters. The van der Waals surface area contributed by atoms with E-state index in [0.717, 1.165) is 14.9 Å². The first-order valence-electron chi connectivity index (χ1n) is 4.89. The molecule has 1 aromatic carbocycles. The molecular formula is C11H14BrNO2S. The second kappa shape index (κ2) is 6.93. The Kier molecular flexibility index (Phi) is 5.87. The van der Waals surface area contributed by atoms with Crippen molar-refractivity contribution in [1.29, 1.82) is 0 Å². The van der Waals surface area contributed by atoms with Gasteiger partial charge in [0.25, 0.3) is 0 Å². The zero-order chi connectivity index (χ0) is 12.0. The molecule has 0 heterocycles. The van der Waals surface area contributed by atoms with Gasteiger partial charge in [-0.15, -0.1) is 0 Å². The smallest absolute Gasteiger partial charge is 0.302 e. The Balaban J connectivity index is 2.71. The van der Waals surface area contributed by atoms with Crippen molar-refractivity contribution >= 4 is 33.8 Å². The Bertz CT molecular complexity index is 371. The Labute approximate surface area is 108 Å². The van der Waals surface area contributed by atoms with Crippen LogP contribution in [0.15, 0.2) is 27.6 Å². The van der Waals surface area contributed by atoms with Crippen molar-refractivity contribution in [1.82, 2.24) is 4.72 Å². The van der Waals surface area contributed by atoms with Gasteiger partial charge in [0.15, 0.2) is 0 Å². The minimum absolute atomic E-state index is 0.241. The maximum atomic E-state index is 10.7. The van der Waals surface area contributed by atoms with E-state index in [1.807, 2.05) is 25.2 Å². The van der Waals surface area contributed by atoms with E-state index >= 15 is 0 Å². The van der Waals surface area contributed by atoms with E-state index in [1.54, 1.807) is 11.9 Å². The molecule has 0 bridgehead atoms. The predicted octanol–water partition coefficient (Wildman–Crippen LogP) is 2.78. The van der Waals surface area contributed by atoms with Crippen molar-refractivity contribution < 1.29 is 9.53 Å². The topological polar surface area (TPSA) is 38.3 Å². The van der Waals surface area contributed by atoms with E-state index < -0.39 is 0 Å². The van der Waals surface area contributed by atoms with Crippen molar-refractivity contribution in [3.63, 3.8) is 0 Å². The van der Waals surface area contributed by atoms with E-state index in [9.17, 15) is 4.79 Å². The number of nitrogens with one attached hydrogen (secondary N) is 1. The van der Waals surface area contributed by atoms with Crippen molar-refractivity contribution in [2.24, 2.45) is 0 Å². The molecule has 1 rings (SSSR count). The number of carbonyl (C=O) groups excluding carboxylic acids is 1. The van der Waals surface area contributed by atoms with Crippen LogP contribution in [0.3, 0.4) is 0 Å². The fourth-order valence-corrected chi connectivity index (χ4v) is 2.68. The van der Waals surface area contributed by atoms with Crippen molar-refractivity contribution in [3.05, 3.63) is 28.2 Å². The Morgan fingerprint density at radius 2 is 2.31 bits per heavy atom. The van der Waals surface area contributed by atoms with Crippen LogP contribution in [-0.2, 0) is 16.0 Å². The van der Waals surface area contributed by atoms with Crippen molar-refractivity contribution in [2.75, 3.05) is 13.7 Å². The van der Waals surface area contributed by atoms with E-state index in [-0.39, 0.29) is 5.97 Å². The summed E-state index contributed by atoms with van der Waals surface area (Å²) < 4.78 is 9.02. The highest BCUT2D eigenvalue weighted by Gasteiger charge is 2.07. The lowest BCUT2D eigenvalue weighted by Crippen LogP contribution is -2.05. The normalized spacial score (nSPS) is 10.2. The van der Waals surface area contributed by atoms with Crippen molar-refractivity contribution in [3.8, 4) is 0 Å². The molecule has 16 heavy (non-hydrogen) atoms. The summed E-state index contributed by atoms with van der Waals surface area (Å²) >= 11 is 5.06. The second-order valence-corrected chi connectivity index (χ2v) is 5.02. The van der Waals surface area contributed by atoms with Gasteiger partial charge < -0.3 is 4.74 Å². The summed E-state index contributed by atoms with van der Waals surface area (Å²) in [6.07, 6.45) is 0.713. The quantitative estimate of drug-likeness (QED) is 0.670. The number of halogens is 1. The van der Waals surface area contributed by atoms with Crippen LogP contribution in [0.5, 0.6) is 0 Å². The maximum Gasteiger partial charge on any atom is 0.302 e. The molecule has 5 heteroatoms. The van der Waals surface area contributed by atoms with Crippen LogP contribution in [-0.4, -0.2) is 19.6 Å². The van der Waals surface area contributed by atoms with Gasteiger partial charge in [-0.3, -0.25) is 9.52 Å².